The first-order valence-corrected chi connectivity index (χ1v) is 9.44. The van der Waals surface area contributed by atoms with Crippen LogP contribution in [0.15, 0.2) is 91.0 Å². The second-order valence-corrected chi connectivity index (χ2v) is 7.97. The van der Waals surface area contributed by atoms with E-state index in [0.29, 0.717) is 0 Å². The van der Waals surface area contributed by atoms with Crippen molar-refractivity contribution in [3.8, 4) is 11.5 Å². The highest BCUT2D eigenvalue weighted by Crippen LogP contribution is 2.42. The largest absolute Gasteiger partial charge is 0.504 e. The van der Waals surface area contributed by atoms with Crippen LogP contribution in [0.4, 0.5) is 0 Å². The molecule has 0 spiro atoms. The van der Waals surface area contributed by atoms with Crippen LogP contribution in [0, 0.1) is 0 Å². The molecular formula is C22H17O2P. The smallest absolute Gasteiger partial charge is 0.166 e. The van der Waals surface area contributed by atoms with Crippen molar-refractivity contribution in [2.75, 3.05) is 0 Å². The Morgan fingerprint density at radius 3 is 1.72 bits per heavy atom. The Labute approximate surface area is 147 Å². The fourth-order valence-corrected chi connectivity index (χ4v) is 5.62. The molecule has 0 bridgehead atoms. The molecule has 0 aliphatic rings. The van der Waals surface area contributed by atoms with Crippen LogP contribution in [0.25, 0.3) is 10.8 Å². The minimum absolute atomic E-state index is 0.0301. The summed E-state index contributed by atoms with van der Waals surface area (Å²) in [5.41, 5.74) is 0. The first kappa shape index (κ1) is 15.7. The van der Waals surface area contributed by atoms with Gasteiger partial charge >= 0.3 is 0 Å². The molecule has 0 aromatic heterocycles. The van der Waals surface area contributed by atoms with Gasteiger partial charge in [-0.15, -0.1) is 0 Å². The van der Waals surface area contributed by atoms with E-state index in [1.807, 2.05) is 60.7 Å². The quantitative estimate of drug-likeness (QED) is 0.435. The Bertz CT molecular complexity index is 975. The van der Waals surface area contributed by atoms with Crippen LogP contribution in [0.2, 0.25) is 0 Å². The third kappa shape index (κ3) is 2.86. The highest BCUT2D eigenvalue weighted by atomic mass is 31.1. The van der Waals surface area contributed by atoms with Crippen LogP contribution < -0.4 is 15.9 Å². The van der Waals surface area contributed by atoms with Crippen LogP contribution in [0.1, 0.15) is 0 Å². The topological polar surface area (TPSA) is 40.5 Å². The Morgan fingerprint density at radius 1 is 0.600 bits per heavy atom. The van der Waals surface area contributed by atoms with E-state index in [1.165, 1.54) is 0 Å². The Morgan fingerprint density at radius 2 is 1.12 bits per heavy atom. The molecule has 2 nitrogen and oxygen atoms in total. The lowest BCUT2D eigenvalue weighted by molar-refractivity contribution is 0.408. The summed E-state index contributed by atoms with van der Waals surface area (Å²) in [6.45, 7) is 0. The molecule has 0 amide bonds. The first-order chi connectivity index (χ1) is 12.3. The molecule has 3 heteroatoms. The molecule has 2 N–H and O–H groups in total. The minimum atomic E-state index is -0.993. The molecule has 4 aromatic rings. The van der Waals surface area contributed by atoms with Crippen molar-refractivity contribution in [2.24, 2.45) is 0 Å². The molecule has 0 saturated carbocycles. The van der Waals surface area contributed by atoms with Crippen molar-refractivity contribution in [3.63, 3.8) is 0 Å². The van der Waals surface area contributed by atoms with Crippen LogP contribution in [0.5, 0.6) is 11.5 Å². The predicted molar refractivity (Wildman–Crippen MR) is 106 cm³/mol. The monoisotopic (exact) mass is 344 g/mol. The average Bonchev–Trinajstić information content (AvgIpc) is 2.67. The lowest BCUT2D eigenvalue weighted by Gasteiger charge is -2.22. The van der Waals surface area contributed by atoms with E-state index < -0.39 is 7.92 Å². The number of hydrogen-bond acceptors (Lipinski definition) is 2. The third-order valence-electron chi connectivity index (χ3n) is 4.23. The van der Waals surface area contributed by atoms with Gasteiger partial charge in [-0.3, -0.25) is 0 Å². The fourth-order valence-electron chi connectivity index (χ4n) is 3.09. The second kappa shape index (κ2) is 6.58. The lowest BCUT2D eigenvalue weighted by atomic mass is 10.1. The molecule has 0 heterocycles. The first-order valence-electron chi connectivity index (χ1n) is 8.09. The van der Waals surface area contributed by atoms with Gasteiger partial charge in [0.1, 0.15) is 0 Å². The zero-order chi connectivity index (χ0) is 17.2. The molecule has 0 radical (unpaired) electrons. The van der Waals surface area contributed by atoms with E-state index in [2.05, 4.69) is 24.3 Å². The van der Waals surface area contributed by atoms with Crippen molar-refractivity contribution < 1.29 is 10.2 Å². The number of phenols is 2. The van der Waals surface area contributed by atoms with E-state index in [-0.39, 0.29) is 11.5 Å². The standard InChI is InChI=1S/C22H17O2P/c23-20-15-16-9-7-8-14-19(16)22(21(20)24)25(17-10-3-1-4-11-17)18-12-5-2-6-13-18/h1-15,23-24H. The van der Waals surface area contributed by atoms with Crippen molar-refractivity contribution in [1.29, 1.82) is 0 Å². The summed E-state index contributed by atoms with van der Waals surface area (Å²) in [7, 11) is -0.993. The number of aromatic hydroxyl groups is 2. The highest BCUT2D eigenvalue weighted by molar-refractivity contribution is 7.80. The normalized spacial score (nSPS) is 11.1. The summed E-state index contributed by atoms with van der Waals surface area (Å²) in [5.74, 6) is -0.106. The molecule has 0 unspecified atom stereocenters. The molecule has 0 atom stereocenters. The summed E-state index contributed by atoms with van der Waals surface area (Å²) in [4.78, 5) is 0. The molecule has 4 aromatic carbocycles. The number of hydrogen-bond donors (Lipinski definition) is 2. The average molecular weight is 344 g/mol. The maximum absolute atomic E-state index is 10.8. The van der Waals surface area contributed by atoms with Crippen LogP contribution in [-0.2, 0) is 0 Å². The zero-order valence-electron chi connectivity index (χ0n) is 13.5. The number of phenolic OH excluding ortho intramolecular Hbond substituents is 2. The summed E-state index contributed by atoms with van der Waals surface area (Å²) in [6.07, 6.45) is 0. The van der Waals surface area contributed by atoms with Crippen molar-refractivity contribution in [1.82, 2.24) is 0 Å². The summed E-state index contributed by atoms with van der Waals surface area (Å²) < 4.78 is 0. The van der Waals surface area contributed by atoms with Gasteiger partial charge in [0.25, 0.3) is 0 Å². The van der Waals surface area contributed by atoms with E-state index in [9.17, 15) is 10.2 Å². The summed E-state index contributed by atoms with van der Waals surface area (Å²) in [5, 5.41) is 26.0. The van der Waals surface area contributed by atoms with Crippen molar-refractivity contribution in [2.45, 2.75) is 0 Å². The van der Waals surface area contributed by atoms with Crippen molar-refractivity contribution >= 4 is 34.6 Å². The van der Waals surface area contributed by atoms with Gasteiger partial charge in [0, 0.05) is 5.30 Å². The molecule has 4 rings (SSSR count). The highest BCUT2D eigenvalue weighted by Gasteiger charge is 2.24. The van der Waals surface area contributed by atoms with Gasteiger partial charge < -0.3 is 10.2 Å². The van der Waals surface area contributed by atoms with Gasteiger partial charge in [0.15, 0.2) is 11.5 Å². The van der Waals surface area contributed by atoms with Crippen molar-refractivity contribution in [3.05, 3.63) is 91.0 Å². The zero-order valence-corrected chi connectivity index (χ0v) is 14.4. The summed E-state index contributed by atoms with van der Waals surface area (Å²) >= 11 is 0. The van der Waals surface area contributed by atoms with Gasteiger partial charge in [-0.25, -0.2) is 0 Å². The van der Waals surface area contributed by atoms with Crippen LogP contribution >= 0.6 is 7.92 Å². The third-order valence-corrected chi connectivity index (χ3v) is 6.76. The van der Waals surface area contributed by atoms with Gasteiger partial charge in [-0.2, -0.15) is 0 Å². The molecule has 0 fully saturated rings. The van der Waals surface area contributed by atoms with Gasteiger partial charge in [-0.1, -0.05) is 84.9 Å². The Hall–Kier alpha value is -2.83. The molecule has 25 heavy (non-hydrogen) atoms. The fraction of sp³-hybridized carbons (Fsp3) is 0. The minimum Gasteiger partial charge on any atom is -0.504 e. The lowest BCUT2D eigenvalue weighted by Crippen LogP contribution is -2.21. The molecule has 0 saturated heterocycles. The Kier molecular flexibility index (Phi) is 4.13. The maximum Gasteiger partial charge on any atom is 0.166 e. The summed E-state index contributed by atoms with van der Waals surface area (Å²) in [6, 6.07) is 29.8. The molecule has 122 valence electrons. The van der Waals surface area contributed by atoms with Gasteiger partial charge in [-0.05, 0) is 35.4 Å². The van der Waals surface area contributed by atoms with E-state index in [4.69, 9.17) is 0 Å². The SMILES string of the molecule is Oc1cc2ccccc2c(P(c2ccccc2)c2ccccc2)c1O. The predicted octanol–water partition coefficient (Wildman–Crippen LogP) is 4.01. The number of rotatable bonds is 3. The molecular weight excluding hydrogens is 327 g/mol. The number of benzene rings is 4. The van der Waals surface area contributed by atoms with Gasteiger partial charge in [0.2, 0.25) is 0 Å². The van der Waals surface area contributed by atoms with Gasteiger partial charge in [0.05, 0.1) is 0 Å². The maximum atomic E-state index is 10.8. The number of fused-ring (bicyclic) bond motifs is 1. The molecule has 0 aliphatic heterocycles. The Balaban J connectivity index is 2.07. The second-order valence-electron chi connectivity index (χ2n) is 5.82. The van der Waals surface area contributed by atoms with E-state index >= 15 is 0 Å². The van der Waals surface area contributed by atoms with E-state index in [0.717, 1.165) is 26.7 Å². The van der Waals surface area contributed by atoms with E-state index in [1.54, 1.807) is 6.07 Å². The molecule has 0 aliphatic carbocycles. The van der Waals surface area contributed by atoms with Crippen LogP contribution in [-0.4, -0.2) is 10.2 Å². The van der Waals surface area contributed by atoms with Crippen LogP contribution in [0.3, 0.4) is 0 Å².